The lowest BCUT2D eigenvalue weighted by Crippen LogP contribution is -2.47. The number of hydrogen-bond donors (Lipinski definition) is 1. The van der Waals surface area contributed by atoms with Crippen LogP contribution < -0.4 is 10.1 Å². The maximum Gasteiger partial charge on any atom is 0.407 e. The van der Waals surface area contributed by atoms with E-state index in [0.717, 1.165) is 37.3 Å². The van der Waals surface area contributed by atoms with E-state index in [1.165, 1.54) is 5.56 Å². The molecule has 0 radical (unpaired) electrons. The Bertz CT molecular complexity index is 1750. The molecule has 4 heterocycles. The number of ether oxygens (including phenoxy) is 5. The summed E-state index contributed by atoms with van der Waals surface area (Å²) in [6, 6.07) is 12.0. The highest BCUT2D eigenvalue weighted by Crippen LogP contribution is 2.41. The molecule has 2 saturated heterocycles. The van der Waals surface area contributed by atoms with Crippen molar-refractivity contribution in [2.75, 3.05) is 19.8 Å². The number of halogens is 1. The quantitative estimate of drug-likeness (QED) is 0.134. The Morgan fingerprint density at radius 3 is 2.26 bits per heavy atom. The van der Waals surface area contributed by atoms with Crippen molar-refractivity contribution in [1.82, 2.24) is 19.9 Å². The van der Waals surface area contributed by atoms with Crippen molar-refractivity contribution in [2.24, 2.45) is 0 Å². The molecule has 1 aromatic carbocycles. The van der Waals surface area contributed by atoms with E-state index in [0.29, 0.717) is 53.6 Å². The number of rotatable bonds is 13. The van der Waals surface area contributed by atoms with Gasteiger partial charge in [0.1, 0.15) is 24.5 Å². The molecule has 2 aromatic heterocycles. The van der Waals surface area contributed by atoms with Gasteiger partial charge in [-0.2, -0.15) is 4.98 Å². The summed E-state index contributed by atoms with van der Waals surface area (Å²) in [5.74, 6) is 0.426. The summed E-state index contributed by atoms with van der Waals surface area (Å²) in [5.41, 5.74) is 4.15. The van der Waals surface area contributed by atoms with Crippen LogP contribution >= 0.6 is 11.6 Å². The van der Waals surface area contributed by atoms with E-state index in [4.69, 9.17) is 49.7 Å². The average molecular weight is 802 g/mol. The summed E-state index contributed by atoms with van der Waals surface area (Å²) < 4.78 is 39.4. The SMILES string of the molecule is CC(C)OC(=O)N[C@H]1CC[C@@H](c2ccc(-c3nc4c(cc3Cl)nc(O[C@@H]3CO[C@H]5[C@@H]3OC[C@H]5O[Si](C)(C)C(C)(C)C)n4COCC[Si](C)(C)C)cc2)CC1. The van der Waals surface area contributed by atoms with Crippen LogP contribution in [0.4, 0.5) is 4.79 Å². The minimum atomic E-state index is -2.02. The molecule has 0 bridgehead atoms. The fourth-order valence-electron chi connectivity index (χ4n) is 7.17. The smallest absolute Gasteiger partial charge is 0.407 e. The number of nitrogens with one attached hydrogen (secondary N) is 1. The van der Waals surface area contributed by atoms with Crippen LogP contribution in [-0.4, -0.2) is 93.4 Å². The predicted octanol–water partition coefficient (Wildman–Crippen LogP) is 9.16. The van der Waals surface area contributed by atoms with Gasteiger partial charge in [0.15, 0.2) is 20.1 Å². The lowest BCUT2D eigenvalue weighted by molar-refractivity contribution is 0.00687. The normalized spacial score (nSPS) is 25.0. The zero-order chi connectivity index (χ0) is 39.0. The number of pyridine rings is 1. The zero-order valence-electron chi connectivity index (χ0n) is 33.9. The van der Waals surface area contributed by atoms with Gasteiger partial charge in [0.2, 0.25) is 0 Å². The van der Waals surface area contributed by atoms with Gasteiger partial charge < -0.3 is 33.4 Å². The second kappa shape index (κ2) is 16.5. The van der Waals surface area contributed by atoms with Crippen molar-refractivity contribution >= 4 is 45.2 Å². The van der Waals surface area contributed by atoms with Crippen LogP contribution in [0.25, 0.3) is 22.4 Å². The fraction of sp³-hybridized carbons (Fsp3) is 0.675. The van der Waals surface area contributed by atoms with E-state index >= 15 is 0 Å². The Hall–Kier alpha value is -2.53. The van der Waals surface area contributed by atoms with E-state index in [-0.39, 0.29) is 54.4 Å². The van der Waals surface area contributed by atoms with Crippen LogP contribution in [0, 0.1) is 0 Å². The molecule has 6 rings (SSSR count). The number of benzene rings is 1. The number of carbonyl (C=O) groups is 1. The maximum absolute atomic E-state index is 12.1. The van der Waals surface area contributed by atoms with Crippen LogP contribution in [-0.2, 0) is 30.1 Å². The molecule has 3 fully saturated rings. The largest absolute Gasteiger partial charge is 0.456 e. The summed E-state index contributed by atoms with van der Waals surface area (Å²) in [7, 11) is -3.32. The van der Waals surface area contributed by atoms with Crippen molar-refractivity contribution < 1.29 is 32.9 Å². The second-order valence-electron chi connectivity index (χ2n) is 18.3. The Kier molecular flexibility index (Phi) is 12.6. The van der Waals surface area contributed by atoms with Gasteiger partial charge in [0, 0.05) is 26.3 Å². The topological polar surface area (TPSA) is 115 Å². The molecule has 0 spiro atoms. The van der Waals surface area contributed by atoms with E-state index in [9.17, 15) is 4.79 Å². The van der Waals surface area contributed by atoms with E-state index in [1.54, 1.807) is 0 Å². The lowest BCUT2D eigenvalue weighted by Gasteiger charge is -2.39. The predicted molar refractivity (Wildman–Crippen MR) is 218 cm³/mol. The Balaban J connectivity index is 1.19. The molecule has 1 amide bonds. The molecular weight excluding hydrogens is 740 g/mol. The number of hydrogen-bond acceptors (Lipinski definition) is 9. The molecule has 3 aromatic rings. The molecule has 3 aliphatic rings. The first-order valence-electron chi connectivity index (χ1n) is 19.7. The molecule has 1 saturated carbocycles. The molecule has 11 nitrogen and oxygen atoms in total. The van der Waals surface area contributed by atoms with Crippen molar-refractivity contribution in [1.29, 1.82) is 0 Å². The Morgan fingerprint density at radius 1 is 0.981 bits per heavy atom. The minimum Gasteiger partial charge on any atom is -0.456 e. The summed E-state index contributed by atoms with van der Waals surface area (Å²) in [5, 5.41) is 3.62. The first-order chi connectivity index (χ1) is 25.4. The molecule has 1 N–H and O–H groups in total. The summed E-state index contributed by atoms with van der Waals surface area (Å²) in [4.78, 5) is 22.1. The molecule has 2 aliphatic heterocycles. The highest BCUT2D eigenvalue weighted by Gasteiger charge is 2.52. The van der Waals surface area contributed by atoms with Crippen molar-refractivity contribution in [2.45, 2.75) is 153 Å². The first kappa shape index (κ1) is 41.1. The zero-order valence-corrected chi connectivity index (χ0v) is 36.6. The number of alkyl carbamates (subject to hydrolysis) is 1. The Labute approximate surface area is 328 Å². The summed E-state index contributed by atoms with van der Waals surface area (Å²) in [6.07, 6.45) is 2.43. The van der Waals surface area contributed by atoms with E-state index in [2.05, 4.69) is 83.1 Å². The molecule has 54 heavy (non-hydrogen) atoms. The molecule has 298 valence electrons. The van der Waals surface area contributed by atoms with E-state index < -0.39 is 16.4 Å². The van der Waals surface area contributed by atoms with Crippen molar-refractivity contribution in [3.05, 3.63) is 40.9 Å². The van der Waals surface area contributed by atoms with Gasteiger partial charge >= 0.3 is 12.1 Å². The van der Waals surface area contributed by atoms with Crippen LogP contribution in [0.3, 0.4) is 0 Å². The van der Waals surface area contributed by atoms with E-state index in [1.807, 2.05) is 24.5 Å². The number of fused-ring (bicyclic) bond motifs is 2. The van der Waals surface area contributed by atoms with Gasteiger partial charge in [-0.15, -0.1) is 0 Å². The third kappa shape index (κ3) is 9.70. The van der Waals surface area contributed by atoms with Crippen LogP contribution in [0.15, 0.2) is 30.3 Å². The number of carbonyl (C=O) groups excluding carboxylic acids is 1. The van der Waals surface area contributed by atoms with Gasteiger partial charge in [-0.05, 0) is 81.3 Å². The molecule has 4 atom stereocenters. The van der Waals surface area contributed by atoms with Gasteiger partial charge in [0.05, 0.1) is 36.1 Å². The van der Waals surface area contributed by atoms with Crippen LogP contribution in [0.1, 0.15) is 71.8 Å². The fourth-order valence-corrected chi connectivity index (χ4v) is 9.49. The highest BCUT2D eigenvalue weighted by atomic mass is 35.5. The molecular formula is C40H61ClN4O7Si2. The molecule has 0 unspecified atom stereocenters. The monoisotopic (exact) mass is 800 g/mol. The third-order valence-electron chi connectivity index (χ3n) is 11.4. The van der Waals surface area contributed by atoms with Crippen molar-refractivity contribution in [3.8, 4) is 17.3 Å². The van der Waals surface area contributed by atoms with Gasteiger partial charge in [-0.3, -0.25) is 4.57 Å². The van der Waals surface area contributed by atoms with Crippen molar-refractivity contribution in [3.63, 3.8) is 0 Å². The number of nitrogens with zero attached hydrogens (tertiary/aromatic N) is 3. The van der Waals surface area contributed by atoms with Crippen LogP contribution in [0.5, 0.6) is 6.01 Å². The minimum absolute atomic E-state index is 0.0824. The maximum atomic E-state index is 12.1. The third-order valence-corrected chi connectivity index (χ3v) is 17.9. The van der Waals surface area contributed by atoms with Gasteiger partial charge in [-0.1, -0.05) is 76.3 Å². The van der Waals surface area contributed by atoms with Crippen LogP contribution in [0.2, 0.25) is 48.8 Å². The second-order valence-corrected chi connectivity index (χ2v) is 29.1. The lowest BCUT2D eigenvalue weighted by atomic mass is 9.81. The Morgan fingerprint density at radius 2 is 1.63 bits per heavy atom. The number of amides is 1. The average Bonchev–Trinajstić information content (AvgIpc) is 3.76. The number of aromatic nitrogens is 3. The summed E-state index contributed by atoms with van der Waals surface area (Å²) in [6.45, 7) is 23.7. The molecule has 14 heteroatoms. The first-order valence-corrected chi connectivity index (χ1v) is 26.7. The van der Waals surface area contributed by atoms with Gasteiger partial charge in [0.25, 0.3) is 0 Å². The highest BCUT2D eigenvalue weighted by molar-refractivity contribution is 6.76. The molecule has 1 aliphatic carbocycles. The summed E-state index contributed by atoms with van der Waals surface area (Å²) >= 11 is 6.92. The standard InChI is InChI=1S/C40H61ClN4O7Si2/c1-25(2)50-39(46)42-29-17-15-27(16-18-29)26-11-13-28(14-12-26)34-30(41)21-31-37(44-34)45(24-47-19-20-53(6,7)8)38(43-31)51-32-22-48-36-33(23-49-35(32)36)52-54(9,10)40(3,4)5/h11-14,21,25,27,29,32-33,35-36H,15-20,22-24H2,1-10H3,(H,42,46)/t27-,29+,32-,33-,35-,36-/m1/s1. The number of imidazole rings is 1. The van der Waals surface area contributed by atoms with Gasteiger partial charge in [-0.25, -0.2) is 9.78 Å².